The first-order chi connectivity index (χ1) is 18.5. The van der Waals surface area contributed by atoms with Gasteiger partial charge in [-0.15, -0.1) is 0 Å². The number of amides is 2. The molecular weight excluding hydrogens is 522 g/mol. The molecule has 1 aliphatic rings. The third-order valence-electron chi connectivity index (χ3n) is 6.39. The highest BCUT2D eigenvalue weighted by Gasteiger charge is 2.34. The fraction of sp³-hybridized carbons (Fsp3) is 0.192. The number of carbonyl (C=O) groups excluding carboxylic acids is 2. The van der Waals surface area contributed by atoms with Crippen molar-refractivity contribution in [2.45, 2.75) is 31.6 Å². The lowest BCUT2D eigenvalue weighted by molar-refractivity contribution is -0.140. The minimum Gasteiger partial charge on any atom is -0.478 e. The molecule has 0 bridgehead atoms. The molecule has 0 aliphatic heterocycles. The monoisotopic (exact) mass is 541 g/mol. The fourth-order valence-corrected chi connectivity index (χ4v) is 4.50. The van der Waals surface area contributed by atoms with Crippen LogP contribution in [0.3, 0.4) is 0 Å². The molecule has 3 N–H and O–H groups in total. The number of aromatic carboxylic acids is 1. The number of aromatic nitrogens is 3. The Balaban J connectivity index is 1.35. The Hall–Kier alpha value is -4.81. The lowest BCUT2D eigenvalue weighted by Crippen LogP contribution is -2.30. The van der Waals surface area contributed by atoms with Gasteiger partial charge in [0.2, 0.25) is 0 Å². The summed E-state index contributed by atoms with van der Waals surface area (Å²) in [6.45, 7) is -0.340. The molecule has 0 radical (unpaired) electrons. The van der Waals surface area contributed by atoms with Gasteiger partial charge in [-0.25, -0.2) is 18.7 Å². The summed E-state index contributed by atoms with van der Waals surface area (Å²) in [7, 11) is 0. The molecule has 2 aromatic carbocycles. The quantitative estimate of drug-likeness (QED) is 0.318. The third kappa shape index (κ3) is 5.15. The van der Waals surface area contributed by atoms with Crippen molar-refractivity contribution in [1.82, 2.24) is 25.2 Å². The van der Waals surface area contributed by atoms with Crippen LogP contribution in [0, 0.1) is 5.82 Å². The number of aryl methyl sites for hydroxylation is 1. The Bertz CT molecular complexity index is 1630. The molecular formula is C26H19F4N5O4. The molecule has 0 unspecified atom stereocenters. The van der Waals surface area contributed by atoms with Gasteiger partial charge in [-0.3, -0.25) is 9.59 Å². The zero-order chi connectivity index (χ0) is 27.9. The van der Waals surface area contributed by atoms with Crippen LogP contribution in [0.5, 0.6) is 0 Å². The number of halogens is 4. The van der Waals surface area contributed by atoms with Crippen molar-refractivity contribution in [2.24, 2.45) is 0 Å². The van der Waals surface area contributed by atoms with Crippen LogP contribution in [0.4, 0.5) is 17.6 Å². The molecule has 0 fully saturated rings. The maximum atomic E-state index is 13.6. The van der Waals surface area contributed by atoms with Gasteiger partial charge in [0.15, 0.2) is 5.65 Å². The largest absolute Gasteiger partial charge is 0.478 e. The maximum absolute atomic E-state index is 13.6. The normalized spacial score (nSPS) is 14.7. The van der Waals surface area contributed by atoms with E-state index in [0.29, 0.717) is 25.0 Å². The minimum absolute atomic E-state index is 0.00750. The summed E-state index contributed by atoms with van der Waals surface area (Å²) in [5, 5.41) is 18.6. The first-order valence-electron chi connectivity index (χ1n) is 11.7. The molecule has 5 rings (SSSR count). The van der Waals surface area contributed by atoms with Crippen LogP contribution in [0.1, 0.15) is 66.1 Å². The zero-order valence-corrected chi connectivity index (χ0v) is 19.9. The van der Waals surface area contributed by atoms with E-state index >= 15 is 0 Å². The number of hydrogen-bond donors (Lipinski definition) is 3. The molecule has 2 amide bonds. The second kappa shape index (κ2) is 9.82. The summed E-state index contributed by atoms with van der Waals surface area (Å²) in [4.78, 5) is 41.5. The number of fused-ring (bicyclic) bond motifs is 2. The summed E-state index contributed by atoms with van der Waals surface area (Å²) in [5.74, 6) is -3.80. The van der Waals surface area contributed by atoms with Gasteiger partial charge in [0, 0.05) is 18.7 Å². The second-order valence-corrected chi connectivity index (χ2v) is 8.91. The molecule has 1 atom stereocenters. The van der Waals surface area contributed by atoms with E-state index in [1.165, 1.54) is 28.9 Å². The van der Waals surface area contributed by atoms with Gasteiger partial charge >= 0.3 is 12.1 Å². The smallest absolute Gasteiger partial charge is 0.419 e. The van der Waals surface area contributed by atoms with E-state index in [9.17, 15) is 37.1 Å². The van der Waals surface area contributed by atoms with Crippen LogP contribution >= 0.6 is 0 Å². The van der Waals surface area contributed by atoms with Crippen LogP contribution in [0.25, 0.3) is 5.65 Å². The van der Waals surface area contributed by atoms with E-state index < -0.39 is 41.4 Å². The van der Waals surface area contributed by atoms with Crippen molar-refractivity contribution in [3.8, 4) is 0 Å². The van der Waals surface area contributed by atoms with Gasteiger partial charge in [0.25, 0.3) is 11.8 Å². The number of nitrogens with zero attached hydrogens (tertiary/aromatic N) is 3. The lowest BCUT2D eigenvalue weighted by atomic mass is 10.0. The van der Waals surface area contributed by atoms with Crippen LogP contribution in [0.2, 0.25) is 0 Å². The highest BCUT2D eigenvalue weighted by molar-refractivity contribution is 5.98. The van der Waals surface area contributed by atoms with Crippen molar-refractivity contribution in [2.75, 3.05) is 0 Å². The van der Waals surface area contributed by atoms with Gasteiger partial charge < -0.3 is 15.7 Å². The third-order valence-corrected chi connectivity index (χ3v) is 6.39. The summed E-state index contributed by atoms with van der Waals surface area (Å²) in [6.07, 6.45) is -2.39. The van der Waals surface area contributed by atoms with Crippen LogP contribution in [0.15, 0.2) is 54.7 Å². The van der Waals surface area contributed by atoms with Crippen molar-refractivity contribution >= 4 is 23.4 Å². The minimum atomic E-state index is -4.89. The van der Waals surface area contributed by atoms with Crippen LogP contribution < -0.4 is 10.6 Å². The molecule has 13 heteroatoms. The molecule has 2 heterocycles. The predicted molar refractivity (Wildman–Crippen MR) is 127 cm³/mol. The molecule has 0 saturated heterocycles. The average molecular weight is 541 g/mol. The summed E-state index contributed by atoms with van der Waals surface area (Å²) >= 11 is 0. The van der Waals surface area contributed by atoms with Gasteiger partial charge in [-0.1, -0.05) is 12.1 Å². The number of alkyl halides is 3. The molecule has 2 aromatic heterocycles. The first-order valence-corrected chi connectivity index (χ1v) is 11.7. The first kappa shape index (κ1) is 25.8. The number of nitrogens with one attached hydrogen (secondary N) is 2. The highest BCUT2D eigenvalue weighted by Crippen LogP contribution is 2.33. The fourth-order valence-electron chi connectivity index (χ4n) is 4.50. The Morgan fingerprint density at radius 3 is 2.59 bits per heavy atom. The van der Waals surface area contributed by atoms with Crippen molar-refractivity contribution in [3.63, 3.8) is 0 Å². The Labute approximate surface area is 217 Å². The standard InChI is InChI=1S/C26H19F4N5O4/c27-18-5-1-13(9-17(18)26(28,29)30)12-31-23(36)20-11-21(35-22(33-20)7-8-32-35)24(37)34-19-6-3-14-10-15(25(38)39)2-4-16(14)19/h1-2,4-5,7-11,19H,3,6,12H2,(H,31,36)(H,34,37)(H,38,39)/t19-/m1/s1. The van der Waals surface area contributed by atoms with E-state index in [0.717, 1.165) is 17.2 Å². The molecule has 39 heavy (non-hydrogen) atoms. The number of carboxylic acids is 1. The van der Waals surface area contributed by atoms with E-state index in [1.54, 1.807) is 12.1 Å². The van der Waals surface area contributed by atoms with Gasteiger partial charge in [-0.05, 0) is 53.8 Å². The molecule has 0 spiro atoms. The highest BCUT2D eigenvalue weighted by atomic mass is 19.4. The maximum Gasteiger partial charge on any atom is 0.419 e. The lowest BCUT2D eigenvalue weighted by Gasteiger charge is -2.15. The van der Waals surface area contributed by atoms with Crippen molar-refractivity contribution < 1.29 is 37.1 Å². The molecule has 4 aromatic rings. The van der Waals surface area contributed by atoms with Crippen LogP contribution in [-0.2, 0) is 19.1 Å². The van der Waals surface area contributed by atoms with E-state index in [1.807, 2.05) is 0 Å². The number of rotatable bonds is 6. The average Bonchev–Trinajstić information content (AvgIpc) is 3.53. The second-order valence-electron chi connectivity index (χ2n) is 8.91. The zero-order valence-electron chi connectivity index (χ0n) is 19.9. The summed E-state index contributed by atoms with van der Waals surface area (Å²) in [5.41, 5.74) is 0.330. The Morgan fingerprint density at radius 1 is 1.05 bits per heavy atom. The number of hydrogen-bond acceptors (Lipinski definition) is 5. The number of carbonyl (C=O) groups is 3. The van der Waals surface area contributed by atoms with Gasteiger partial charge in [0.05, 0.1) is 23.4 Å². The van der Waals surface area contributed by atoms with E-state index in [-0.39, 0.29) is 34.7 Å². The molecule has 0 saturated carbocycles. The van der Waals surface area contributed by atoms with Crippen molar-refractivity contribution in [3.05, 3.63) is 99.8 Å². The molecule has 200 valence electrons. The summed E-state index contributed by atoms with van der Waals surface area (Å²) < 4.78 is 53.8. The van der Waals surface area contributed by atoms with E-state index in [2.05, 4.69) is 20.7 Å². The van der Waals surface area contributed by atoms with Crippen molar-refractivity contribution in [1.29, 1.82) is 0 Å². The Morgan fingerprint density at radius 2 is 1.85 bits per heavy atom. The topological polar surface area (TPSA) is 126 Å². The number of benzene rings is 2. The van der Waals surface area contributed by atoms with Gasteiger partial charge in [0.1, 0.15) is 17.2 Å². The molecule has 1 aliphatic carbocycles. The Kier molecular flexibility index (Phi) is 6.50. The number of carboxylic acid groups (broad SMARTS) is 1. The van der Waals surface area contributed by atoms with Crippen LogP contribution in [-0.4, -0.2) is 37.5 Å². The van der Waals surface area contributed by atoms with E-state index in [4.69, 9.17) is 0 Å². The summed E-state index contributed by atoms with van der Waals surface area (Å²) in [6, 6.07) is 9.39. The SMILES string of the molecule is O=C(O)c1ccc2c(c1)CC[C@H]2NC(=O)c1cc(C(=O)NCc2ccc(F)c(C(F)(F)F)c2)nc2ccnn12. The molecule has 9 nitrogen and oxygen atoms in total. The predicted octanol–water partition coefficient (Wildman–Crippen LogP) is 3.93. The van der Waals surface area contributed by atoms with Gasteiger partial charge in [-0.2, -0.15) is 18.3 Å².